The topological polar surface area (TPSA) is 53.8 Å². The van der Waals surface area contributed by atoms with E-state index in [4.69, 9.17) is 10.6 Å². The van der Waals surface area contributed by atoms with Crippen LogP contribution in [0.2, 0.25) is 0 Å². The molecule has 0 bridgehead atoms. The van der Waals surface area contributed by atoms with E-state index >= 15 is 0 Å². The van der Waals surface area contributed by atoms with Crippen molar-refractivity contribution in [3.05, 3.63) is 0 Å². The highest BCUT2D eigenvalue weighted by molar-refractivity contribution is 4.87. The van der Waals surface area contributed by atoms with Crippen LogP contribution in [0.4, 0.5) is 0 Å². The molecule has 0 radical (unpaired) electrons. The van der Waals surface area contributed by atoms with Crippen LogP contribution in [0.5, 0.6) is 0 Å². The predicted octanol–water partition coefficient (Wildman–Crippen LogP) is -1.29. The summed E-state index contributed by atoms with van der Waals surface area (Å²) in [7, 11) is 5.98. The molecule has 2 unspecified atom stereocenters. The molecule has 1 fully saturated rings. The third kappa shape index (κ3) is 2.90. The molecule has 14 heavy (non-hydrogen) atoms. The van der Waals surface area contributed by atoms with E-state index < -0.39 is 0 Å². The number of rotatable bonds is 4. The van der Waals surface area contributed by atoms with E-state index in [1.54, 1.807) is 7.11 Å². The Bertz CT molecular complexity index is 167. The molecule has 1 saturated heterocycles. The summed E-state index contributed by atoms with van der Waals surface area (Å²) in [6, 6.07) is 0.631. The van der Waals surface area contributed by atoms with Gasteiger partial charge in [-0.1, -0.05) is 0 Å². The van der Waals surface area contributed by atoms with Gasteiger partial charge in [0.1, 0.15) is 0 Å². The zero-order valence-electron chi connectivity index (χ0n) is 9.36. The Hall–Kier alpha value is -0.200. The summed E-state index contributed by atoms with van der Waals surface area (Å²) in [6.07, 6.45) is 0. The molecule has 0 spiro atoms. The van der Waals surface area contributed by atoms with Gasteiger partial charge in [0.05, 0.1) is 12.6 Å². The summed E-state index contributed by atoms with van der Waals surface area (Å²) < 4.78 is 5.14. The predicted molar refractivity (Wildman–Crippen MR) is 56.9 cm³/mol. The molecule has 1 rings (SSSR count). The van der Waals surface area contributed by atoms with Crippen LogP contribution in [0.3, 0.4) is 0 Å². The molecular weight excluding hydrogens is 180 g/mol. The minimum atomic E-state index is 0.202. The summed E-state index contributed by atoms with van der Waals surface area (Å²) in [5.74, 6) is 5.52. The van der Waals surface area contributed by atoms with Gasteiger partial charge in [-0.15, -0.1) is 0 Å². The smallest absolute Gasteiger partial charge is 0.0645 e. The van der Waals surface area contributed by atoms with Crippen molar-refractivity contribution in [3.8, 4) is 0 Å². The fraction of sp³-hybridized carbons (Fsp3) is 1.00. The number of nitrogens with two attached hydrogens (primary N) is 1. The Morgan fingerprint density at radius 1 is 1.50 bits per heavy atom. The molecule has 0 aromatic rings. The summed E-state index contributed by atoms with van der Waals surface area (Å²) >= 11 is 0. The Morgan fingerprint density at radius 3 is 2.79 bits per heavy atom. The molecule has 1 heterocycles. The van der Waals surface area contributed by atoms with Crippen LogP contribution >= 0.6 is 0 Å². The van der Waals surface area contributed by atoms with Crippen molar-refractivity contribution >= 4 is 0 Å². The van der Waals surface area contributed by atoms with E-state index in [0.29, 0.717) is 12.6 Å². The maximum atomic E-state index is 5.52. The monoisotopic (exact) mass is 202 g/mol. The van der Waals surface area contributed by atoms with E-state index in [2.05, 4.69) is 29.3 Å². The van der Waals surface area contributed by atoms with Crippen LogP contribution in [0, 0.1) is 0 Å². The van der Waals surface area contributed by atoms with Gasteiger partial charge in [0, 0.05) is 32.8 Å². The van der Waals surface area contributed by atoms with E-state index in [-0.39, 0.29) is 6.04 Å². The molecule has 1 aliphatic heterocycles. The van der Waals surface area contributed by atoms with Crippen molar-refractivity contribution in [1.29, 1.82) is 0 Å². The lowest BCUT2D eigenvalue weighted by molar-refractivity contribution is 0.0551. The highest BCUT2D eigenvalue weighted by atomic mass is 16.5. The first kappa shape index (κ1) is 11.9. The zero-order valence-corrected chi connectivity index (χ0v) is 9.36. The molecule has 0 aromatic carbocycles. The zero-order chi connectivity index (χ0) is 10.6. The lowest BCUT2D eigenvalue weighted by atomic mass is 10.1. The van der Waals surface area contributed by atoms with Crippen LogP contribution in [0.1, 0.15) is 0 Å². The van der Waals surface area contributed by atoms with Gasteiger partial charge in [0.25, 0.3) is 0 Å². The molecule has 3 N–H and O–H groups in total. The van der Waals surface area contributed by atoms with E-state index in [1.807, 2.05) is 0 Å². The summed E-state index contributed by atoms with van der Waals surface area (Å²) in [4.78, 5) is 4.66. The SMILES string of the molecule is COCC(NN)C1CN(C)CCN1C. The number of nitrogens with one attached hydrogen (secondary N) is 1. The normalized spacial score (nSPS) is 27.9. The van der Waals surface area contributed by atoms with Crippen LogP contribution < -0.4 is 11.3 Å². The quantitative estimate of drug-likeness (QED) is 0.439. The van der Waals surface area contributed by atoms with Gasteiger partial charge in [-0.25, -0.2) is 0 Å². The molecule has 0 aromatic heterocycles. The number of ether oxygens (including phenoxy) is 1. The number of hydrazine groups is 1. The van der Waals surface area contributed by atoms with Crippen LogP contribution in [0.15, 0.2) is 0 Å². The van der Waals surface area contributed by atoms with Crippen molar-refractivity contribution in [2.75, 3.05) is 47.4 Å². The molecule has 0 amide bonds. The second-order valence-corrected chi connectivity index (χ2v) is 4.04. The number of hydrogen-bond donors (Lipinski definition) is 2. The molecule has 1 aliphatic rings. The van der Waals surface area contributed by atoms with Crippen molar-refractivity contribution < 1.29 is 4.74 Å². The Labute approximate surface area is 86.1 Å². The minimum absolute atomic E-state index is 0.202. The van der Waals surface area contributed by atoms with Gasteiger partial charge >= 0.3 is 0 Å². The molecule has 84 valence electrons. The van der Waals surface area contributed by atoms with Crippen LogP contribution in [0.25, 0.3) is 0 Å². The van der Waals surface area contributed by atoms with Crippen molar-refractivity contribution in [2.45, 2.75) is 12.1 Å². The average Bonchev–Trinajstić information content (AvgIpc) is 2.18. The van der Waals surface area contributed by atoms with E-state index in [0.717, 1.165) is 19.6 Å². The second kappa shape index (κ2) is 5.63. The fourth-order valence-corrected chi connectivity index (χ4v) is 1.93. The largest absolute Gasteiger partial charge is 0.383 e. The number of piperazine rings is 1. The number of hydrogen-bond acceptors (Lipinski definition) is 5. The van der Waals surface area contributed by atoms with Gasteiger partial charge in [-0.05, 0) is 14.1 Å². The first-order valence-electron chi connectivity index (χ1n) is 5.03. The third-order valence-corrected chi connectivity index (χ3v) is 2.92. The van der Waals surface area contributed by atoms with Crippen LogP contribution in [-0.4, -0.2) is 69.3 Å². The number of likely N-dealkylation sites (N-methyl/N-ethyl adjacent to an activating group) is 2. The number of methoxy groups -OCH3 is 1. The molecule has 5 heteroatoms. The molecule has 2 atom stereocenters. The van der Waals surface area contributed by atoms with Crippen molar-refractivity contribution in [1.82, 2.24) is 15.2 Å². The summed E-state index contributed by atoms with van der Waals surface area (Å²) in [5, 5.41) is 0. The van der Waals surface area contributed by atoms with Crippen molar-refractivity contribution in [2.24, 2.45) is 5.84 Å². The minimum Gasteiger partial charge on any atom is -0.383 e. The van der Waals surface area contributed by atoms with Gasteiger partial charge in [0.2, 0.25) is 0 Å². The van der Waals surface area contributed by atoms with Gasteiger partial charge < -0.3 is 9.64 Å². The molecule has 5 nitrogen and oxygen atoms in total. The fourth-order valence-electron chi connectivity index (χ4n) is 1.93. The van der Waals surface area contributed by atoms with E-state index in [1.165, 1.54) is 0 Å². The van der Waals surface area contributed by atoms with Crippen LogP contribution in [-0.2, 0) is 4.74 Å². The van der Waals surface area contributed by atoms with Crippen molar-refractivity contribution in [3.63, 3.8) is 0 Å². The highest BCUT2D eigenvalue weighted by Crippen LogP contribution is 2.09. The Kier molecular flexibility index (Phi) is 4.77. The van der Waals surface area contributed by atoms with E-state index in [9.17, 15) is 0 Å². The lowest BCUT2D eigenvalue weighted by Gasteiger charge is -2.41. The third-order valence-electron chi connectivity index (χ3n) is 2.92. The summed E-state index contributed by atoms with van der Waals surface area (Å²) in [6.45, 7) is 3.90. The first-order chi connectivity index (χ1) is 6.69. The number of nitrogens with zero attached hydrogens (tertiary/aromatic N) is 2. The molecule has 0 aliphatic carbocycles. The lowest BCUT2D eigenvalue weighted by Crippen LogP contribution is -2.61. The molecular formula is C9H22N4O. The Morgan fingerprint density at radius 2 is 2.21 bits per heavy atom. The maximum absolute atomic E-state index is 5.52. The van der Waals surface area contributed by atoms with Gasteiger partial charge in [0.15, 0.2) is 0 Å². The highest BCUT2D eigenvalue weighted by Gasteiger charge is 2.28. The second-order valence-electron chi connectivity index (χ2n) is 4.04. The Balaban J connectivity index is 2.52. The van der Waals surface area contributed by atoms with Gasteiger partial charge in [-0.3, -0.25) is 16.2 Å². The standard InChI is InChI=1S/C9H22N4O/c1-12-4-5-13(2)9(6-12)8(11-10)7-14-3/h8-9,11H,4-7,10H2,1-3H3. The maximum Gasteiger partial charge on any atom is 0.0645 e. The first-order valence-corrected chi connectivity index (χ1v) is 5.03. The molecule has 0 saturated carbocycles. The summed E-state index contributed by atoms with van der Waals surface area (Å²) in [5.41, 5.74) is 2.83. The van der Waals surface area contributed by atoms with Gasteiger partial charge in [-0.2, -0.15) is 0 Å². The average molecular weight is 202 g/mol.